The van der Waals surface area contributed by atoms with Gasteiger partial charge in [-0.2, -0.15) is 0 Å². The first-order chi connectivity index (χ1) is 28.7. The molecule has 3 heteroatoms. The highest BCUT2D eigenvalue weighted by molar-refractivity contribution is 6.13. The van der Waals surface area contributed by atoms with Crippen molar-refractivity contribution in [1.82, 2.24) is 15.0 Å². The first-order valence-corrected chi connectivity index (χ1v) is 17.0. The molecule has 0 radical (unpaired) electrons. The van der Waals surface area contributed by atoms with Crippen LogP contribution in [0.2, 0.25) is 0 Å². The van der Waals surface area contributed by atoms with Crippen molar-refractivity contribution < 1.29 is 9.60 Å². The monoisotopic (exact) mass is 668 g/mol. The minimum absolute atomic E-state index is 0.0189. The highest BCUT2D eigenvalue weighted by Gasteiger charge is 2.17. The van der Waals surface area contributed by atoms with Gasteiger partial charge in [-0.15, -0.1) is 0 Å². The summed E-state index contributed by atoms with van der Waals surface area (Å²) in [5.74, 6) is 1.27. The van der Waals surface area contributed by atoms with E-state index in [1.807, 2.05) is 54.6 Å². The molecule has 0 bridgehead atoms. The van der Waals surface area contributed by atoms with Gasteiger partial charge in [-0.1, -0.05) is 164 Å². The van der Waals surface area contributed by atoms with Crippen LogP contribution in [0.3, 0.4) is 0 Å². The molecular weight excluding hydrogens is 631 g/mol. The second kappa shape index (κ2) is 12.4. The standard InChI is InChI=1S/C49H31N3/c1-2-12-32(13-3-1)34-24-25-36-29-40(27-26-35(36)28-34)48-50-47(39-18-10-17-37(30-39)42-23-11-16-33-14-4-6-19-41(33)42)51-49(52-48)46-31-38-15-5-7-20-43(38)44-21-8-9-22-45(44)46/h1-31H/i4D,6D,11D,14D,16D,19D,23D. The molecule has 1 heterocycles. The number of nitrogens with zero attached hydrogens (tertiary/aromatic N) is 3. The zero-order chi connectivity index (χ0) is 40.5. The summed E-state index contributed by atoms with van der Waals surface area (Å²) in [6.07, 6.45) is 0. The van der Waals surface area contributed by atoms with Crippen LogP contribution < -0.4 is 0 Å². The van der Waals surface area contributed by atoms with Crippen LogP contribution >= 0.6 is 0 Å². The second-order valence-electron chi connectivity index (χ2n) is 12.7. The van der Waals surface area contributed by atoms with E-state index in [0.717, 1.165) is 54.6 Å². The van der Waals surface area contributed by atoms with Crippen molar-refractivity contribution >= 4 is 43.1 Å². The molecule has 3 nitrogen and oxygen atoms in total. The summed E-state index contributed by atoms with van der Waals surface area (Å²) in [6, 6.07) is 45.5. The molecule has 0 atom stereocenters. The van der Waals surface area contributed by atoms with Gasteiger partial charge >= 0.3 is 0 Å². The zero-order valence-electron chi connectivity index (χ0n) is 34.7. The summed E-state index contributed by atoms with van der Waals surface area (Å²) in [5.41, 5.74) is 5.00. The number of rotatable bonds is 5. The van der Waals surface area contributed by atoms with Crippen LogP contribution in [0.25, 0.3) is 99.5 Å². The number of benzene rings is 9. The van der Waals surface area contributed by atoms with E-state index in [9.17, 15) is 0 Å². The van der Waals surface area contributed by atoms with Crippen LogP contribution in [-0.4, -0.2) is 15.0 Å². The lowest BCUT2D eigenvalue weighted by Crippen LogP contribution is -2.01. The molecule has 0 spiro atoms. The average molecular weight is 669 g/mol. The Morgan fingerprint density at radius 1 is 0.308 bits per heavy atom. The lowest BCUT2D eigenvalue weighted by Gasteiger charge is -2.13. The normalized spacial score (nSPS) is 13.3. The molecule has 0 aliphatic rings. The third-order valence-electron chi connectivity index (χ3n) is 9.57. The van der Waals surface area contributed by atoms with Gasteiger partial charge in [0.05, 0.1) is 9.60 Å². The van der Waals surface area contributed by atoms with Crippen molar-refractivity contribution in [3.8, 4) is 56.4 Å². The van der Waals surface area contributed by atoms with Crippen LogP contribution in [0.4, 0.5) is 0 Å². The van der Waals surface area contributed by atoms with Crippen LogP contribution in [-0.2, 0) is 0 Å². The van der Waals surface area contributed by atoms with Gasteiger partial charge in [0.2, 0.25) is 0 Å². The summed E-state index contributed by atoms with van der Waals surface area (Å²) < 4.78 is 60.4. The molecule has 242 valence electrons. The number of fused-ring (bicyclic) bond motifs is 5. The van der Waals surface area contributed by atoms with E-state index >= 15 is 0 Å². The fourth-order valence-electron chi connectivity index (χ4n) is 7.03. The van der Waals surface area contributed by atoms with Crippen molar-refractivity contribution in [2.45, 2.75) is 0 Å². The number of hydrogen-bond donors (Lipinski definition) is 0. The van der Waals surface area contributed by atoms with Gasteiger partial charge in [0, 0.05) is 16.7 Å². The molecule has 9 aromatic carbocycles. The summed E-state index contributed by atoms with van der Waals surface area (Å²) in [7, 11) is 0. The van der Waals surface area contributed by atoms with Gasteiger partial charge in [0.15, 0.2) is 17.5 Å². The Labute approximate surface area is 311 Å². The van der Waals surface area contributed by atoms with Gasteiger partial charge in [-0.3, -0.25) is 0 Å². The predicted octanol–water partition coefficient (Wildman–Crippen LogP) is 12.8. The Balaban J connectivity index is 1.20. The van der Waals surface area contributed by atoms with Gasteiger partial charge in [0.25, 0.3) is 0 Å². The maximum Gasteiger partial charge on any atom is 0.164 e. The quantitative estimate of drug-likeness (QED) is 0.171. The molecule has 0 saturated heterocycles. The van der Waals surface area contributed by atoms with E-state index < -0.39 is 30.2 Å². The maximum absolute atomic E-state index is 8.98. The van der Waals surface area contributed by atoms with E-state index in [-0.39, 0.29) is 28.4 Å². The van der Waals surface area contributed by atoms with Crippen LogP contribution in [0.15, 0.2) is 188 Å². The van der Waals surface area contributed by atoms with E-state index in [1.54, 1.807) is 18.2 Å². The summed E-state index contributed by atoms with van der Waals surface area (Å²) in [6.45, 7) is 0. The third kappa shape index (κ3) is 5.28. The Morgan fingerprint density at radius 2 is 0.923 bits per heavy atom. The molecule has 10 aromatic rings. The van der Waals surface area contributed by atoms with Crippen molar-refractivity contribution in [2.75, 3.05) is 0 Å². The maximum atomic E-state index is 8.98. The van der Waals surface area contributed by atoms with Crippen molar-refractivity contribution in [1.29, 1.82) is 0 Å². The molecule has 10 rings (SSSR count). The van der Waals surface area contributed by atoms with Crippen molar-refractivity contribution in [2.24, 2.45) is 0 Å². The third-order valence-corrected chi connectivity index (χ3v) is 9.57. The second-order valence-corrected chi connectivity index (χ2v) is 12.7. The zero-order valence-corrected chi connectivity index (χ0v) is 27.7. The van der Waals surface area contributed by atoms with E-state index in [0.29, 0.717) is 28.6 Å². The molecule has 0 aliphatic carbocycles. The highest BCUT2D eigenvalue weighted by Crippen LogP contribution is 2.37. The van der Waals surface area contributed by atoms with E-state index in [1.165, 1.54) is 0 Å². The fraction of sp³-hybridized carbons (Fsp3) is 0. The summed E-state index contributed by atoms with van der Waals surface area (Å²) in [4.78, 5) is 15.3. The van der Waals surface area contributed by atoms with Crippen LogP contribution in [0.1, 0.15) is 9.60 Å². The molecular formula is C49H31N3. The predicted molar refractivity (Wildman–Crippen MR) is 217 cm³/mol. The first kappa shape index (κ1) is 23.4. The first-order valence-electron chi connectivity index (χ1n) is 20.5. The largest absolute Gasteiger partial charge is 0.208 e. The molecule has 52 heavy (non-hydrogen) atoms. The fourth-order valence-corrected chi connectivity index (χ4v) is 7.03. The lowest BCUT2D eigenvalue weighted by molar-refractivity contribution is 1.08. The molecule has 0 saturated carbocycles. The average Bonchev–Trinajstić information content (AvgIpc) is 3.28. The SMILES string of the molecule is [2H]c1c([2H])c([2H])c2c(-c3cccc(-c4nc(-c5ccc6cc(-c7ccccc7)ccc6c5)nc(-c5cc6ccccc6c6ccccc56)n4)c3)c([2H])c([2H])c([2H])c2c1[2H]. The van der Waals surface area contributed by atoms with Crippen LogP contribution in [0, 0.1) is 0 Å². The van der Waals surface area contributed by atoms with Gasteiger partial charge in [0.1, 0.15) is 0 Å². The highest BCUT2D eigenvalue weighted by atomic mass is 15.0. The van der Waals surface area contributed by atoms with Crippen molar-refractivity contribution in [3.63, 3.8) is 0 Å². The Hall–Kier alpha value is -6.97. The lowest BCUT2D eigenvalue weighted by atomic mass is 9.96. The smallest absolute Gasteiger partial charge is 0.164 e. The Morgan fingerprint density at radius 3 is 1.77 bits per heavy atom. The van der Waals surface area contributed by atoms with E-state index in [2.05, 4.69) is 72.8 Å². The minimum atomic E-state index is -0.496. The molecule has 0 N–H and O–H groups in total. The number of aromatic nitrogens is 3. The Kier molecular flexibility index (Phi) is 5.60. The Bertz CT molecular complexity index is 3360. The molecule has 0 amide bonds. The van der Waals surface area contributed by atoms with E-state index in [4.69, 9.17) is 24.5 Å². The summed E-state index contributed by atoms with van der Waals surface area (Å²) in [5, 5.41) is 6.21. The molecule has 0 unspecified atom stereocenters. The minimum Gasteiger partial charge on any atom is -0.208 e. The summed E-state index contributed by atoms with van der Waals surface area (Å²) >= 11 is 0. The molecule has 0 fully saturated rings. The topological polar surface area (TPSA) is 38.7 Å². The van der Waals surface area contributed by atoms with Gasteiger partial charge in [-0.05, 0) is 89.6 Å². The molecule has 1 aromatic heterocycles. The van der Waals surface area contributed by atoms with Crippen molar-refractivity contribution in [3.05, 3.63) is 188 Å². The van der Waals surface area contributed by atoms with Crippen LogP contribution in [0.5, 0.6) is 0 Å². The number of hydrogen-bond acceptors (Lipinski definition) is 3. The van der Waals surface area contributed by atoms with Gasteiger partial charge < -0.3 is 0 Å². The van der Waals surface area contributed by atoms with Gasteiger partial charge in [-0.25, -0.2) is 15.0 Å². The molecule has 0 aliphatic heterocycles.